The van der Waals surface area contributed by atoms with Gasteiger partial charge in [-0.2, -0.15) is 9.90 Å². The highest BCUT2D eigenvalue weighted by Crippen LogP contribution is 2.30. The first-order chi connectivity index (χ1) is 15.1. The van der Waals surface area contributed by atoms with Crippen molar-refractivity contribution in [2.75, 3.05) is 7.05 Å². The van der Waals surface area contributed by atoms with Crippen LogP contribution in [0.2, 0.25) is 0 Å². The zero-order chi connectivity index (χ0) is 21.8. The molecule has 0 saturated heterocycles. The lowest BCUT2D eigenvalue weighted by Gasteiger charge is -2.20. The molecule has 0 unspecified atom stereocenters. The molecule has 0 saturated carbocycles. The van der Waals surface area contributed by atoms with Crippen LogP contribution in [0.15, 0.2) is 66.7 Å². The highest BCUT2D eigenvalue weighted by atomic mass is 16.5. The summed E-state index contributed by atoms with van der Waals surface area (Å²) in [6, 6.07) is 22.2. The Labute approximate surface area is 182 Å². The van der Waals surface area contributed by atoms with Crippen LogP contribution in [-0.2, 0) is 19.7 Å². The predicted molar refractivity (Wildman–Crippen MR) is 121 cm³/mol. The lowest BCUT2D eigenvalue weighted by atomic mass is 10.0. The molecule has 0 fully saturated rings. The van der Waals surface area contributed by atoms with Gasteiger partial charge in [0.2, 0.25) is 0 Å². The van der Waals surface area contributed by atoms with E-state index in [9.17, 15) is 4.79 Å². The number of aromatic nitrogens is 3. The Bertz CT molecular complexity index is 1200. The maximum atomic E-state index is 13.1. The Morgan fingerprint density at radius 3 is 2.48 bits per heavy atom. The van der Waals surface area contributed by atoms with Gasteiger partial charge in [0.15, 0.2) is 5.69 Å². The van der Waals surface area contributed by atoms with Crippen molar-refractivity contribution in [3.63, 3.8) is 0 Å². The van der Waals surface area contributed by atoms with E-state index in [1.54, 1.807) is 16.7 Å². The van der Waals surface area contributed by atoms with E-state index >= 15 is 0 Å². The zero-order valence-corrected chi connectivity index (χ0v) is 18.1. The summed E-state index contributed by atoms with van der Waals surface area (Å²) in [6.45, 7) is 5.26. The normalized spacial score (nSPS) is 10.9. The Morgan fingerprint density at radius 1 is 1.00 bits per heavy atom. The second-order valence-corrected chi connectivity index (χ2v) is 7.52. The number of hydrogen-bond donors (Lipinski definition) is 0. The predicted octanol–water partition coefficient (Wildman–Crippen LogP) is 4.61. The van der Waals surface area contributed by atoms with Crippen molar-refractivity contribution in [3.05, 3.63) is 89.2 Å². The molecule has 0 bridgehead atoms. The van der Waals surface area contributed by atoms with E-state index in [-0.39, 0.29) is 5.91 Å². The van der Waals surface area contributed by atoms with E-state index < -0.39 is 0 Å². The average molecular weight is 415 g/mol. The quantitative estimate of drug-likeness (QED) is 0.443. The molecule has 0 aliphatic carbocycles. The summed E-state index contributed by atoms with van der Waals surface area (Å²) >= 11 is 0. The summed E-state index contributed by atoms with van der Waals surface area (Å²) in [5, 5.41) is 10.8. The molecular weight excluding hydrogens is 388 g/mol. The van der Waals surface area contributed by atoms with E-state index in [0.717, 1.165) is 27.6 Å². The van der Waals surface area contributed by atoms with Crippen LogP contribution < -0.4 is 4.74 Å². The first-order valence-electron chi connectivity index (χ1n) is 10.4. The number of rotatable bonds is 7. The topological polar surface area (TPSA) is 60.2 Å². The summed E-state index contributed by atoms with van der Waals surface area (Å²) in [5.41, 5.74) is 3.09. The van der Waals surface area contributed by atoms with Crippen LogP contribution in [0.1, 0.15) is 34.2 Å². The number of fused-ring (bicyclic) bond motifs is 1. The SMILES string of the molecule is CCn1nc(C)c(C(=O)N(C)Cc2c(OCc3ccccc3)ccc3ccccc23)n1. The lowest BCUT2D eigenvalue weighted by Crippen LogP contribution is -2.27. The fourth-order valence-electron chi connectivity index (χ4n) is 3.61. The minimum absolute atomic E-state index is 0.154. The zero-order valence-electron chi connectivity index (χ0n) is 18.1. The number of ether oxygens (including phenoxy) is 1. The van der Waals surface area contributed by atoms with Crippen molar-refractivity contribution in [1.29, 1.82) is 0 Å². The van der Waals surface area contributed by atoms with Gasteiger partial charge in [-0.25, -0.2) is 0 Å². The van der Waals surface area contributed by atoms with Crippen molar-refractivity contribution >= 4 is 16.7 Å². The Morgan fingerprint density at radius 2 is 1.74 bits per heavy atom. The van der Waals surface area contributed by atoms with Gasteiger partial charge in [0.05, 0.1) is 12.2 Å². The Balaban J connectivity index is 1.64. The van der Waals surface area contributed by atoms with Gasteiger partial charge in [-0.05, 0) is 36.2 Å². The number of hydrogen-bond acceptors (Lipinski definition) is 4. The molecule has 1 heterocycles. The summed E-state index contributed by atoms with van der Waals surface area (Å²) in [4.78, 5) is 16.3. The summed E-state index contributed by atoms with van der Waals surface area (Å²) in [7, 11) is 1.79. The highest BCUT2D eigenvalue weighted by molar-refractivity contribution is 5.94. The molecule has 0 spiro atoms. The second-order valence-electron chi connectivity index (χ2n) is 7.52. The van der Waals surface area contributed by atoms with E-state index in [1.807, 2.05) is 62.4 Å². The molecule has 1 amide bonds. The van der Waals surface area contributed by atoms with E-state index in [2.05, 4.69) is 28.4 Å². The van der Waals surface area contributed by atoms with Gasteiger partial charge in [-0.15, -0.1) is 5.10 Å². The molecule has 6 heteroatoms. The molecule has 0 atom stereocenters. The summed E-state index contributed by atoms with van der Waals surface area (Å²) < 4.78 is 6.19. The third-order valence-corrected chi connectivity index (χ3v) is 5.29. The van der Waals surface area contributed by atoms with Crippen molar-refractivity contribution < 1.29 is 9.53 Å². The van der Waals surface area contributed by atoms with Gasteiger partial charge in [0, 0.05) is 19.2 Å². The Kier molecular flexibility index (Phi) is 5.98. The van der Waals surface area contributed by atoms with Crippen LogP contribution in [0.25, 0.3) is 10.8 Å². The summed E-state index contributed by atoms with van der Waals surface area (Å²) in [6.07, 6.45) is 0. The van der Waals surface area contributed by atoms with Crippen LogP contribution in [0.3, 0.4) is 0 Å². The van der Waals surface area contributed by atoms with E-state index in [1.165, 1.54) is 0 Å². The summed E-state index contributed by atoms with van der Waals surface area (Å²) in [5.74, 6) is 0.621. The number of amides is 1. The standard InChI is InChI=1S/C25H26N4O2/c1-4-29-26-18(2)24(27-29)25(30)28(3)16-22-21-13-9-8-12-20(21)14-15-23(22)31-17-19-10-6-5-7-11-19/h5-15H,4,16-17H2,1-3H3. The van der Waals surface area contributed by atoms with Crippen molar-refractivity contribution in [2.24, 2.45) is 0 Å². The number of carbonyl (C=O) groups excluding carboxylic acids is 1. The molecular formula is C25H26N4O2. The van der Waals surface area contributed by atoms with Gasteiger partial charge >= 0.3 is 0 Å². The number of nitrogens with zero attached hydrogens (tertiary/aromatic N) is 4. The first-order valence-corrected chi connectivity index (χ1v) is 10.4. The highest BCUT2D eigenvalue weighted by Gasteiger charge is 2.21. The molecule has 3 aromatic carbocycles. The monoisotopic (exact) mass is 414 g/mol. The first kappa shape index (κ1) is 20.6. The fraction of sp³-hybridized carbons (Fsp3) is 0.240. The lowest BCUT2D eigenvalue weighted by molar-refractivity contribution is 0.0777. The maximum absolute atomic E-state index is 13.1. The minimum atomic E-state index is -0.154. The van der Waals surface area contributed by atoms with Gasteiger partial charge in [-0.1, -0.05) is 60.7 Å². The smallest absolute Gasteiger partial charge is 0.276 e. The number of benzene rings is 3. The van der Waals surface area contributed by atoms with Crippen LogP contribution in [0.5, 0.6) is 5.75 Å². The average Bonchev–Trinajstić information content (AvgIpc) is 3.19. The molecule has 158 valence electrons. The van der Waals surface area contributed by atoms with Crippen LogP contribution >= 0.6 is 0 Å². The van der Waals surface area contributed by atoms with Gasteiger partial charge in [-0.3, -0.25) is 4.79 Å². The van der Waals surface area contributed by atoms with Crippen molar-refractivity contribution in [3.8, 4) is 5.75 Å². The van der Waals surface area contributed by atoms with Crippen LogP contribution in [-0.4, -0.2) is 32.8 Å². The molecule has 4 aromatic rings. The van der Waals surface area contributed by atoms with Crippen molar-refractivity contribution in [1.82, 2.24) is 19.9 Å². The molecule has 4 rings (SSSR count). The van der Waals surface area contributed by atoms with E-state index in [4.69, 9.17) is 4.74 Å². The largest absolute Gasteiger partial charge is 0.489 e. The number of aryl methyl sites for hydroxylation is 2. The molecule has 6 nitrogen and oxygen atoms in total. The van der Waals surface area contributed by atoms with Gasteiger partial charge in [0.25, 0.3) is 5.91 Å². The van der Waals surface area contributed by atoms with Crippen molar-refractivity contribution in [2.45, 2.75) is 33.5 Å². The third kappa shape index (κ3) is 4.43. The maximum Gasteiger partial charge on any atom is 0.276 e. The Hall–Kier alpha value is -3.67. The molecule has 0 N–H and O–H groups in total. The molecule has 31 heavy (non-hydrogen) atoms. The molecule has 0 aliphatic heterocycles. The minimum Gasteiger partial charge on any atom is -0.489 e. The van der Waals surface area contributed by atoms with Gasteiger partial charge in [0.1, 0.15) is 12.4 Å². The third-order valence-electron chi connectivity index (χ3n) is 5.29. The van der Waals surface area contributed by atoms with E-state index in [0.29, 0.717) is 31.1 Å². The van der Waals surface area contributed by atoms with Gasteiger partial charge < -0.3 is 9.64 Å². The molecule has 0 radical (unpaired) electrons. The second kappa shape index (κ2) is 9.00. The fourth-order valence-corrected chi connectivity index (χ4v) is 3.61. The number of carbonyl (C=O) groups is 1. The van der Waals surface area contributed by atoms with Crippen LogP contribution in [0.4, 0.5) is 0 Å². The van der Waals surface area contributed by atoms with Crippen LogP contribution in [0, 0.1) is 6.92 Å². The molecule has 0 aliphatic rings. The molecule has 1 aromatic heterocycles.